The number of guanidine groups is 1. The molecule has 1 aliphatic rings. The van der Waals surface area contributed by atoms with Crippen molar-refractivity contribution in [3.63, 3.8) is 0 Å². The van der Waals surface area contributed by atoms with Crippen molar-refractivity contribution in [2.24, 2.45) is 4.99 Å². The van der Waals surface area contributed by atoms with Crippen LogP contribution in [0.3, 0.4) is 0 Å². The van der Waals surface area contributed by atoms with Gasteiger partial charge in [0.15, 0.2) is 5.96 Å². The van der Waals surface area contributed by atoms with Crippen molar-refractivity contribution in [3.05, 3.63) is 35.6 Å². The molecule has 1 heterocycles. The number of nitrogens with zero attached hydrogens (tertiary/aromatic N) is 3. The molecule has 5 nitrogen and oxygen atoms in total. The molecule has 0 spiro atoms. The quantitative estimate of drug-likeness (QED) is 0.340. The second kappa shape index (κ2) is 11.9. The Bertz CT molecular complexity index is 615. The van der Waals surface area contributed by atoms with E-state index >= 15 is 0 Å². The van der Waals surface area contributed by atoms with Gasteiger partial charge in [-0.15, -0.1) is 24.0 Å². The molecule has 0 saturated carbocycles. The summed E-state index contributed by atoms with van der Waals surface area (Å²) in [6, 6.07) is 7.28. The van der Waals surface area contributed by atoms with Crippen LogP contribution in [0.15, 0.2) is 29.3 Å². The average molecular weight is 505 g/mol. The van der Waals surface area contributed by atoms with E-state index in [9.17, 15) is 4.39 Å². The summed E-state index contributed by atoms with van der Waals surface area (Å²) in [7, 11) is 1.79. The molecule has 1 saturated heterocycles. The third kappa shape index (κ3) is 7.48. The first-order chi connectivity index (χ1) is 12.9. The van der Waals surface area contributed by atoms with Crippen molar-refractivity contribution < 1.29 is 4.39 Å². The van der Waals surface area contributed by atoms with Crippen LogP contribution in [0.4, 0.5) is 4.39 Å². The minimum atomic E-state index is -0.194. The number of piperazine rings is 1. The van der Waals surface area contributed by atoms with E-state index in [1.807, 2.05) is 6.07 Å². The highest BCUT2D eigenvalue weighted by molar-refractivity contribution is 14.0. The van der Waals surface area contributed by atoms with Crippen LogP contribution in [0.2, 0.25) is 0 Å². The van der Waals surface area contributed by atoms with Crippen LogP contribution in [-0.4, -0.2) is 74.7 Å². The fourth-order valence-corrected chi connectivity index (χ4v) is 3.43. The Hall–Kier alpha value is -0.930. The monoisotopic (exact) mass is 505 g/mol. The lowest BCUT2D eigenvalue weighted by Gasteiger charge is -2.37. The number of aliphatic imine (C=N–C) groups is 1. The molecule has 1 unspecified atom stereocenters. The van der Waals surface area contributed by atoms with Gasteiger partial charge in [0.1, 0.15) is 5.82 Å². The highest BCUT2D eigenvalue weighted by atomic mass is 127. The lowest BCUT2D eigenvalue weighted by molar-refractivity contribution is 0.107. The molecular formula is C21H37FIN5. The Balaban J connectivity index is 0.00000392. The molecule has 0 aliphatic carbocycles. The van der Waals surface area contributed by atoms with E-state index in [0.29, 0.717) is 12.6 Å². The standard InChI is InChI=1S/C21H36FN5.HI/c1-6-26-10-12-27(13-11-26)17(2)15-24-20(23-5)25-16-21(3,4)18-8-7-9-19(22)14-18;/h7-9,14,17H,6,10-13,15-16H2,1-5H3,(H2,23,24,25);1H. The van der Waals surface area contributed by atoms with Crippen molar-refractivity contribution >= 4 is 29.9 Å². The zero-order chi connectivity index (χ0) is 19.9. The van der Waals surface area contributed by atoms with Crippen LogP contribution in [0.25, 0.3) is 0 Å². The molecule has 1 aromatic rings. The fourth-order valence-electron chi connectivity index (χ4n) is 3.43. The van der Waals surface area contributed by atoms with Gasteiger partial charge in [-0.1, -0.05) is 32.9 Å². The molecule has 0 radical (unpaired) electrons. The van der Waals surface area contributed by atoms with Gasteiger partial charge < -0.3 is 15.5 Å². The summed E-state index contributed by atoms with van der Waals surface area (Å²) < 4.78 is 13.5. The third-order valence-corrected chi connectivity index (χ3v) is 5.57. The highest BCUT2D eigenvalue weighted by Crippen LogP contribution is 2.22. The minimum Gasteiger partial charge on any atom is -0.356 e. The van der Waals surface area contributed by atoms with Crippen molar-refractivity contribution in [2.75, 3.05) is 52.9 Å². The van der Waals surface area contributed by atoms with E-state index in [2.05, 4.69) is 53.1 Å². The maximum atomic E-state index is 13.5. The maximum Gasteiger partial charge on any atom is 0.191 e. The fraction of sp³-hybridized carbons (Fsp3) is 0.667. The topological polar surface area (TPSA) is 42.9 Å². The SMILES string of the molecule is CCN1CCN(C(C)CNC(=NC)NCC(C)(C)c2cccc(F)c2)CC1.I. The van der Waals surface area contributed by atoms with Crippen molar-refractivity contribution in [1.29, 1.82) is 0 Å². The van der Waals surface area contributed by atoms with E-state index in [-0.39, 0.29) is 35.2 Å². The number of likely N-dealkylation sites (N-methyl/N-ethyl adjacent to an activating group) is 1. The molecule has 0 amide bonds. The molecule has 160 valence electrons. The Kier molecular flexibility index (Phi) is 10.7. The van der Waals surface area contributed by atoms with Crippen molar-refractivity contribution in [1.82, 2.24) is 20.4 Å². The molecule has 1 aromatic carbocycles. The Morgan fingerprint density at radius 1 is 1.21 bits per heavy atom. The first-order valence-electron chi connectivity index (χ1n) is 10.0. The maximum absolute atomic E-state index is 13.5. The highest BCUT2D eigenvalue weighted by Gasteiger charge is 2.23. The third-order valence-electron chi connectivity index (χ3n) is 5.57. The molecule has 7 heteroatoms. The number of nitrogens with one attached hydrogen (secondary N) is 2. The molecule has 28 heavy (non-hydrogen) atoms. The predicted molar refractivity (Wildman–Crippen MR) is 127 cm³/mol. The van der Waals surface area contributed by atoms with Crippen LogP contribution < -0.4 is 10.6 Å². The van der Waals surface area contributed by atoms with Crippen molar-refractivity contribution in [3.8, 4) is 0 Å². The van der Waals surface area contributed by atoms with Gasteiger partial charge in [0, 0.05) is 57.8 Å². The number of hydrogen-bond acceptors (Lipinski definition) is 3. The Morgan fingerprint density at radius 3 is 2.46 bits per heavy atom. The summed E-state index contributed by atoms with van der Waals surface area (Å²) >= 11 is 0. The van der Waals surface area contributed by atoms with Gasteiger partial charge >= 0.3 is 0 Å². The number of halogens is 2. The largest absolute Gasteiger partial charge is 0.356 e. The first-order valence-corrected chi connectivity index (χ1v) is 10.0. The van der Waals surface area contributed by atoms with Gasteiger partial charge in [0.05, 0.1) is 0 Å². The molecular weight excluding hydrogens is 468 g/mol. The number of hydrogen-bond donors (Lipinski definition) is 2. The summed E-state index contributed by atoms with van der Waals surface area (Å²) in [5, 5.41) is 6.83. The van der Waals surface area contributed by atoms with Crippen LogP contribution in [0, 0.1) is 5.82 Å². The van der Waals surface area contributed by atoms with Crippen LogP contribution in [-0.2, 0) is 5.41 Å². The van der Waals surface area contributed by atoms with E-state index in [0.717, 1.165) is 50.8 Å². The second-order valence-electron chi connectivity index (χ2n) is 8.02. The van der Waals surface area contributed by atoms with E-state index < -0.39 is 0 Å². The predicted octanol–water partition coefficient (Wildman–Crippen LogP) is 2.91. The minimum absolute atomic E-state index is 0. The first kappa shape index (κ1) is 25.1. The Morgan fingerprint density at radius 2 is 1.89 bits per heavy atom. The second-order valence-corrected chi connectivity index (χ2v) is 8.02. The smallest absolute Gasteiger partial charge is 0.191 e. The average Bonchev–Trinajstić information content (AvgIpc) is 2.68. The van der Waals surface area contributed by atoms with Crippen LogP contribution >= 0.6 is 24.0 Å². The summed E-state index contributed by atoms with van der Waals surface area (Å²) in [6.45, 7) is 15.9. The van der Waals surface area contributed by atoms with Gasteiger partial charge in [0.25, 0.3) is 0 Å². The van der Waals surface area contributed by atoms with E-state index in [1.165, 1.54) is 6.07 Å². The molecule has 1 fully saturated rings. The molecule has 0 bridgehead atoms. The lowest BCUT2D eigenvalue weighted by Crippen LogP contribution is -2.53. The van der Waals surface area contributed by atoms with Gasteiger partial charge in [-0.2, -0.15) is 0 Å². The molecule has 0 aromatic heterocycles. The normalized spacial score (nSPS) is 17.7. The number of rotatable bonds is 7. The molecule has 2 rings (SSSR count). The summed E-state index contributed by atoms with van der Waals surface area (Å²) in [5.41, 5.74) is 0.787. The Labute approximate surface area is 187 Å². The van der Waals surface area contributed by atoms with E-state index in [1.54, 1.807) is 19.2 Å². The summed E-state index contributed by atoms with van der Waals surface area (Å²) in [5.74, 6) is 0.596. The molecule has 2 N–H and O–H groups in total. The van der Waals surface area contributed by atoms with Gasteiger partial charge in [-0.3, -0.25) is 9.89 Å². The van der Waals surface area contributed by atoms with Gasteiger partial charge in [-0.25, -0.2) is 4.39 Å². The van der Waals surface area contributed by atoms with Crippen molar-refractivity contribution in [2.45, 2.75) is 39.2 Å². The lowest BCUT2D eigenvalue weighted by atomic mass is 9.84. The zero-order valence-electron chi connectivity index (χ0n) is 18.0. The summed E-state index contributed by atoms with van der Waals surface area (Å²) in [4.78, 5) is 9.36. The van der Waals surface area contributed by atoms with Gasteiger partial charge in [-0.05, 0) is 31.2 Å². The number of benzene rings is 1. The van der Waals surface area contributed by atoms with E-state index in [4.69, 9.17) is 0 Å². The summed E-state index contributed by atoms with van der Waals surface area (Å²) in [6.07, 6.45) is 0. The van der Waals surface area contributed by atoms with Crippen LogP contribution in [0.1, 0.15) is 33.3 Å². The molecule has 1 aliphatic heterocycles. The van der Waals surface area contributed by atoms with Crippen LogP contribution in [0.5, 0.6) is 0 Å². The molecule has 1 atom stereocenters. The van der Waals surface area contributed by atoms with Gasteiger partial charge in [0.2, 0.25) is 0 Å². The zero-order valence-corrected chi connectivity index (χ0v) is 20.3.